The third kappa shape index (κ3) is 5.50. The number of aryl methyl sites for hydroxylation is 1. The highest BCUT2D eigenvalue weighted by Crippen LogP contribution is 2.15. The number of carboxylic acids is 1. The maximum atomic E-state index is 11.5. The largest absolute Gasteiger partial charge is 0.480 e. The Morgan fingerprint density at radius 2 is 2.28 bits per heavy atom. The van der Waals surface area contributed by atoms with Crippen LogP contribution in [0.25, 0.3) is 0 Å². The summed E-state index contributed by atoms with van der Waals surface area (Å²) >= 11 is 3.25. The molecule has 0 unspecified atom stereocenters. The Morgan fingerprint density at radius 1 is 1.56 bits per heavy atom. The van der Waals surface area contributed by atoms with Crippen LogP contribution in [0.1, 0.15) is 17.1 Å². The van der Waals surface area contributed by atoms with Crippen LogP contribution in [0.15, 0.2) is 5.38 Å². The Labute approximate surface area is 114 Å². The van der Waals surface area contributed by atoms with Gasteiger partial charge in [0, 0.05) is 30.4 Å². The maximum absolute atomic E-state index is 11.5. The third-order valence-electron chi connectivity index (χ3n) is 2.17. The number of likely N-dealkylation sites (N-methyl/N-ethyl adjacent to an activating group) is 1. The lowest BCUT2D eigenvalue weighted by Gasteiger charge is -2.13. The SMILES string of the molecule is Cc1nc(CSCCC(=O)N(C)CC(=O)O)cs1. The smallest absolute Gasteiger partial charge is 0.323 e. The molecule has 0 atom stereocenters. The molecule has 5 nitrogen and oxygen atoms in total. The number of amides is 1. The zero-order valence-electron chi connectivity index (χ0n) is 10.4. The van der Waals surface area contributed by atoms with E-state index in [9.17, 15) is 9.59 Å². The van der Waals surface area contributed by atoms with Crippen molar-refractivity contribution < 1.29 is 14.7 Å². The van der Waals surface area contributed by atoms with Crippen LogP contribution in [0, 0.1) is 6.92 Å². The van der Waals surface area contributed by atoms with Gasteiger partial charge in [0.1, 0.15) is 6.54 Å². The summed E-state index contributed by atoms with van der Waals surface area (Å²) in [5.41, 5.74) is 1.04. The van der Waals surface area contributed by atoms with Gasteiger partial charge in [-0.05, 0) is 6.92 Å². The molecule has 0 saturated carbocycles. The van der Waals surface area contributed by atoms with E-state index in [4.69, 9.17) is 5.11 Å². The number of carboxylic acid groups (broad SMARTS) is 1. The van der Waals surface area contributed by atoms with E-state index in [1.807, 2.05) is 12.3 Å². The Bertz CT molecular complexity index is 420. The molecule has 0 aliphatic rings. The van der Waals surface area contributed by atoms with Crippen LogP contribution >= 0.6 is 23.1 Å². The van der Waals surface area contributed by atoms with Crippen molar-refractivity contribution in [3.05, 3.63) is 16.1 Å². The molecule has 18 heavy (non-hydrogen) atoms. The molecule has 7 heteroatoms. The fraction of sp³-hybridized carbons (Fsp3) is 0.545. The molecule has 1 heterocycles. The number of hydrogen-bond donors (Lipinski definition) is 1. The lowest BCUT2D eigenvalue weighted by Crippen LogP contribution is -2.32. The van der Waals surface area contributed by atoms with Crippen molar-refractivity contribution in [3.8, 4) is 0 Å². The van der Waals surface area contributed by atoms with Gasteiger partial charge in [0.05, 0.1) is 10.7 Å². The summed E-state index contributed by atoms with van der Waals surface area (Å²) in [5, 5.41) is 11.6. The minimum absolute atomic E-state index is 0.139. The van der Waals surface area contributed by atoms with Crippen LogP contribution in [0.2, 0.25) is 0 Å². The van der Waals surface area contributed by atoms with E-state index in [0.717, 1.165) is 16.5 Å². The number of aliphatic carboxylic acids is 1. The first kappa shape index (κ1) is 15.0. The van der Waals surface area contributed by atoms with Gasteiger partial charge in [-0.25, -0.2) is 4.98 Å². The van der Waals surface area contributed by atoms with Gasteiger partial charge in [0.2, 0.25) is 5.91 Å². The second kappa shape index (κ2) is 7.38. The summed E-state index contributed by atoms with van der Waals surface area (Å²) in [5.74, 6) is 0.343. The summed E-state index contributed by atoms with van der Waals surface area (Å²) in [6, 6.07) is 0. The van der Waals surface area contributed by atoms with Gasteiger partial charge < -0.3 is 10.0 Å². The summed E-state index contributed by atoms with van der Waals surface area (Å²) in [7, 11) is 1.50. The molecule has 0 spiro atoms. The van der Waals surface area contributed by atoms with Crippen LogP contribution in [-0.2, 0) is 15.3 Å². The van der Waals surface area contributed by atoms with E-state index in [2.05, 4.69) is 4.98 Å². The molecule has 0 fully saturated rings. The maximum Gasteiger partial charge on any atom is 0.323 e. The molecule has 0 radical (unpaired) electrons. The number of aromatic nitrogens is 1. The summed E-state index contributed by atoms with van der Waals surface area (Å²) in [6.45, 7) is 1.72. The van der Waals surface area contributed by atoms with Crippen molar-refractivity contribution in [1.29, 1.82) is 0 Å². The van der Waals surface area contributed by atoms with Crippen LogP contribution in [0.3, 0.4) is 0 Å². The summed E-state index contributed by atoms with van der Waals surface area (Å²) < 4.78 is 0. The van der Waals surface area contributed by atoms with Crippen molar-refractivity contribution >= 4 is 35.0 Å². The zero-order chi connectivity index (χ0) is 13.5. The van der Waals surface area contributed by atoms with E-state index in [1.165, 1.54) is 11.9 Å². The van der Waals surface area contributed by atoms with Crippen LogP contribution in [0.4, 0.5) is 0 Å². The van der Waals surface area contributed by atoms with Gasteiger partial charge >= 0.3 is 5.97 Å². The van der Waals surface area contributed by atoms with Crippen molar-refractivity contribution in [2.75, 3.05) is 19.3 Å². The van der Waals surface area contributed by atoms with Gasteiger partial charge in [-0.15, -0.1) is 11.3 Å². The molecule has 0 aromatic carbocycles. The number of carbonyl (C=O) groups is 2. The monoisotopic (exact) mass is 288 g/mol. The molecule has 0 aliphatic carbocycles. The molecule has 1 rings (SSSR count). The van der Waals surface area contributed by atoms with E-state index in [-0.39, 0.29) is 12.5 Å². The zero-order valence-corrected chi connectivity index (χ0v) is 12.0. The Kier molecular flexibility index (Phi) is 6.14. The lowest BCUT2D eigenvalue weighted by atomic mass is 10.4. The Hall–Kier alpha value is -1.08. The van der Waals surface area contributed by atoms with Gasteiger partial charge in [0.25, 0.3) is 0 Å². The lowest BCUT2D eigenvalue weighted by molar-refractivity contribution is -0.143. The molecular formula is C11H16N2O3S2. The second-order valence-electron chi connectivity index (χ2n) is 3.80. The van der Waals surface area contributed by atoms with Gasteiger partial charge in [-0.2, -0.15) is 11.8 Å². The number of hydrogen-bond acceptors (Lipinski definition) is 5. The molecule has 1 aromatic heterocycles. The number of thioether (sulfide) groups is 1. The first-order valence-electron chi connectivity index (χ1n) is 5.43. The second-order valence-corrected chi connectivity index (χ2v) is 5.97. The molecular weight excluding hydrogens is 272 g/mol. The highest BCUT2D eigenvalue weighted by atomic mass is 32.2. The standard InChI is InChI=1S/C11H16N2O3S2/c1-8-12-9(7-18-8)6-17-4-3-10(14)13(2)5-11(15)16/h7H,3-6H2,1-2H3,(H,15,16). The highest BCUT2D eigenvalue weighted by Gasteiger charge is 2.11. The molecule has 0 saturated heterocycles. The van der Waals surface area contributed by atoms with Crippen LogP contribution in [0.5, 0.6) is 0 Å². The molecule has 100 valence electrons. The molecule has 1 aromatic rings. The summed E-state index contributed by atoms with van der Waals surface area (Å²) in [4.78, 5) is 27.5. The first-order valence-corrected chi connectivity index (χ1v) is 7.47. The molecule has 0 aliphatic heterocycles. The quantitative estimate of drug-likeness (QED) is 0.772. The number of rotatable bonds is 7. The number of carbonyl (C=O) groups excluding carboxylic acids is 1. The minimum atomic E-state index is -0.989. The first-order chi connectivity index (χ1) is 8.49. The van der Waals surface area contributed by atoms with Crippen molar-refractivity contribution in [2.24, 2.45) is 0 Å². The fourth-order valence-corrected chi connectivity index (χ4v) is 2.83. The number of nitrogens with zero attached hydrogens (tertiary/aromatic N) is 2. The minimum Gasteiger partial charge on any atom is -0.480 e. The van der Waals surface area contributed by atoms with E-state index in [1.54, 1.807) is 23.1 Å². The molecule has 1 N–H and O–H groups in total. The van der Waals surface area contributed by atoms with Crippen molar-refractivity contribution in [1.82, 2.24) is 9.88 Å². The topological polar surface area (TPSA) is 70.5 Å². The van der Waals surface area contributed by atoms with Gasteiger partial charge in [-0.1, -0.05) is 0 Å². The fourth-order valence-electron chi connectivity index (χ4n) is 1.29. The predicted octanol–water partition coefficient (Wildman–Crippen LogP) is 1.62. The average molecular weight is 288 g/mol. The Balaban J connectivity index is 2.17. The summed E-state index contributed by atoms with van der Waals surface area (Å²) in [6.07, 6.45) is 0.359. The van der Waals surface area contributed by atoms with Crippen molar-refractivity contribution in [3.63, 3.8) is 0 Å². The predicted molar refractivity (Wildman–Crippen MR) is 72.9 cm³/mol. The van der Waals surface area contributed by atoms with Crippen LogP contribution in [-0.4, -0.2) is 46.2 Å². The Morgan fingerprint density at radius 3 is 2.83 bits per heavy atom. The van der Waals surface area contributed by atoms with E-state index < -0.39 is 5.97 Å². The normalized spacial score (nSPS) is 10.3. The number of thiazole rings is 1. The van der Waals surface area contributed by atoms with Crippen molar-refractivity contribution in [2.45, 2.75) is 19.1 Å². The van der Waals surface area contributed by atoms with Gasteiger partial charge in [0.15, 0.2) is 0 Å². The third-order valence-corrected chi connectivity index (χ3v) is 3.99. The average Bonchev–Trinajstić information content (AvgIpc) is 2.69. The van der Waals surface area contributed by atoms with Crippen LogP contribution < -0.4 is 0 Å². The van der Waals surface area contributed by atoms with E-state index >= 15 is 0 Å². The highest BCUT2D eigenvalue weighted by molar-refractivity contribution is 7.98. The van der Waals surface area contributed by atoms with Gasteiger partial charge in [-0.3, -0.25) is 9.59 Å². The molecule has 0 bridgehead atoms. The van der Waals surface area contributed by atoms with E-state index in [0.29, 0.717) is 12.2 Å². The molecule has 1 amide bonds.